The predicted octanol–water partition coefficient (Wildman–Crippen LogP) is 2.56. The second-order valence-corrected chi connectivity index (χ2v) is 5.58. The SMILES string of the molecule is CC(=O)NCC1OC(=O)N(c2ccncc2)C1c1cc(F)cc(F)c1. The zero-order chi connectivity index (χ0) is 18.0. The molecule has 0 bridgehead atoms. The minimum Gasteiger partial charge on any atom is -0.441 e. The molecule has 130 valence electrons. The first-order valence-electron chi connectivity index (χ1n) is 7.56. The number of pyridine rings is 1. The van der Waals surface area contributed by atoms with Crippen molar-refractivity contribution in [2.45, 2.75) is 19.1 Å². The van der Waals surface area contributed by atoms with E-state index in [0.29, 0.717) is 5.69 Å². The number of anilines is 1. The smallest absolute Gasteiger partial charge is 0.415 e. The molecule has 1 aromatic heterocycles. The van der Waals surface area contributed by atoms with Gasteiger partial charge in [-0.2, -0.15) is 0 Å². The summed E-state index contributed by atoms with van der Waals surface area (Å²) in [5.74, 6) is -1.83. The molecule has 2 heterocycles. The number of hydrogen-bond acceptors (Lipinski definition) is 4. The standard InChI is InChI=1S/C17H15F2N3O3/c1-10(23)21-9-15-16(11-6-12(18)8-13(19)7-11)22(17(24)25-15)14-2-4-20-5-3-14/h2-8,15-16H,9H2,1H3,(H,21,23). The molecule has 1 saturated heterocycles. The maximum atomic E-state index is 13.7. The third-order valence-corrected chi connectivity index (χ3v) is 3.80. The van der Waals surface area contributed by atoms with E-state index in [1.54, 1.807) is 12.1 Å². The molecule has 3 rings (SSSR count). The summed E-state index contributed by atoms with van der Waals surface area (Å²) in [6.07, 6.45) is 1.52. The van der Waals surface area contributed by atoms with Crippen molar-refractivity contribution in [2.75, 3.05) is 11.4 Å². The average molecular weight is 347 g/mol. The Balaban J connectivity index is 2.03. The molecule has 0 saturated carbocycles. The van der Waals surface area contributed by atoms with Crippen LogP contribution >= 0.6 is 0 Å². The van der Waals surface area contributed by atoms with Gasteiger partial charge in [0.2, 0.25) is 5.91 Å². The first-order valence-corrected chi connectivity index (χ1v) is 7.56. The van der Waals surface area contributed by atoms with Gasteiger partial charge < -0.3 is 10.1 Å². The Morgan fingerprint density at radius 3 is 2.48 bits per heavy atom. The minimum atomic E-state index is -0.800. The molecule has 1 N–H and O–H groups in total. The highest BCUT2D eigenvalue weighted by atomic mass is 19.1. The Kier molecular flexibility index (Phi) is 4.60. The number of nitrogens with one attached hydrogen (secondary N) is 1. The van der Waals surface area contributed by atoms with Gasteiger partial charge in [-0.1, -0.05) is 0 Å². The van der Waals surface area contributed by atoms with Crippen molar-refractivity contribution in [3.05, 3.63) is 59.9 Å². The minimum absolute atomic E-state index is 0.0193. The van der Waals surface area contributed by atoms with Gasteiger partial charge in [-0.3, -0.25) is 14.7 Å². The molecule has 1 aromatic carbocycles. The summed E-state index contributed by atoms with van der Waals surface area (Å²) in [4.78, 5) is 28.7. The lowest BCUT2D eigenvalue weighted by Gasteiger charge is -2.25. The fraction of sp³-hybridized carbons (Fsp3) is 0.235. The Hall–Kier alpha value is -3.03. The third-order valence-electron chi connectivity index (χ3n) is 3.80. The van der Waals surface area contributed by atoms with Gasteiger partial charge in [0.05, 0.1) is 12.2 Å². The van der Waals surface area contributed by atoms with Crippen LogP contribution in [0.15, 0.2) is 42.7 Å². The monoisotopic (exact) mass is 347 g/mol. The molecular weight excluding hydrogens is 332 g/mol. The molecule has 8 heteroatoms. The van der Waals surface area contributed by atoms with Crippen LogP contribution in [0.3, 0.4) is 0 Å². The molecule has 1 fully saturated rings. The van der Waals surface area contributed by atoms with Gasteiger partial charge in [-0.15, -0.1) is 0 Å². The van der Waals surface area contributed by atoms with Crippen LogP contribution < -0.4 is 10.2 Å². The Morgan fingerprint density at radius 1 is 1.24 bits per heavy atom. The lowest BCUT2D eigenvalue weighted by Crippen LogP contribution is -2.36. The number of amides is 2. The highest BCUT2D eigenvalue weighted by Crippen LogP contribution is 2.37. The number of hydrogen-bond donors (Lipinski definition) is 1. The molecule has 1 aliphatic rings. The van der Waals surface area contributed by atoms with Gasteiger partial charge in [0, 0.05) is 25.4 Å². The number of ether oxygens (including phenoxy) is 1. The zero-order valence-electron chi connectivity index (χ0n) is 13.3. The largest absolute Gasteiger partial charge is 0.441 e. The van der Waals surface area contributed by atoms with Crippen LogP contribution in [0.4, 0.5) is 19.3 Å². The maximum Gasteiger partial charge on any atom is 0.415 e. The van der Waals surface area contributed by atoms with E-state index in [4.69, 9.17) is 4.74 Å². The van der Waals surface area contributed by atoms with Crippen LogP contribution in [0.2, 0.25) is 0 Å². The van der Waals surface area contributed by atoms with E-state index in [1.165, 1.54) is 24.2 Å². The third kappa shape index (κ3) is 3.57. The second-order valence-electron chi connectivity index (χ2n) is 5.58. The van der Waals surface area contributed by atoms with Gasteiger partial charge in [0.25, 0.3) is 0 Å². The fourth-order valence-corrected chi connectivity index (χ4v) is 2.81. The van der Waals surface area contributed by atoms with E-state index in [-0.39, 0.29) is 18.0 Å². The molecule has 2 amide bonds. The number of nitrogens with zero attached hydrogens (tertiary/aromatic N) is 2. The second kappa shape index (κ2) is 6.84. The summed E-state index contributed by atoms with van der Waals surface area (Å²) in [5, 5.41) is 2.57. The topological polar surface area (TPSA) is 71.5 Å². The summed E-state index contributed by atoms with van der Waals surface area (Å²) in [7, 11) is 0. The molecule has 2 atom stereocenters. The van der Waals surface area contributed by atoms with Crippen molar-refractivity contribution in [3.8, 4) is 0 Å². The Bertz CT molecular complexity index is 781. The van der Waals surface area contributed by atoms with Gasteiger partial charge in [-0.05, 0) is 29.8 Å². The van der Waals surface area contributed by atoms with Crippen LogP contribution in [-0.2, 0) is 9.53 Å². The van der Waals surface area contributed by atoms with E-state index in [1.807, 2.05) is 0 Å². The van der Waals surface area contributed by atoms with Gasteiger partial charge in [0.15, 0.2) is 0 Å². The summed E-state index contributed by atoms with van der Waals surface area (Å²) < 4.78 is 32.7. The number of aromatic nitrogens is 1. The lowest BCUT2D eigenvalue weighted by molar-refractivity contribution is -0.119. The van der Waals surface area contributed by atoms with Crippen molar-refractivity contribution in [1.29, 1.82) is 0 Å². The molecule has 2 aromatic rings. The van der Waals surface area contributed by atoms with Crippen LogP contribution in [0, 0.1) is 11.6 Å². The number of carbonyl (C=O) groups excluding carboxylic acids is 2. The number of cyclic esters (lactones) is 1. The van der Waals surface area contributed by atoms with Gasteiger partial charge in [-0.25, -0.2) is 13.6 Å². The Morgan fingerprint density at radius 2 is 1.88 bits per heavy atom. The maximum absolute atomic E-state index is 13.7. The van der Waals surface area contributed by atoms with E-state index in [0.717, 1.165) is 18.2 Å². The van der Waals surface area contributed by atoms with E-state index >= 15 is 0 Å². The molecular formula is C17H15F2N3O3. The van der Waals surface area contributed by atoms with Crippen molar-refractivity contribution < 1.29 is 23.1 Å². The van der Waals surface area contributed by atoms with Crippen LogP contribution in [-0.4, -0.2) is 29.6 Å². The Labute approximate surface area is 142 Å². The van der Waals surface area contributed by atoms with Crippen molar-refractivity contribution in [2.24, 2.45) is 0 Å². The number of rotatable bonds is 4. The summed E-state index contributed by atoms with van der Waals surface area (Å²) in [6, 6.07) is 5.41. The summed E-state index contributed by atoms with van der Waals surface area (Å²) in [5.41, 5.74) is 0.704. The summed E-state index contributed by atoms with van der Waals surface area (Å²) >= 11 is 0. The zero-order valence-corrected chi connectivity index (χ0v) is 13.3. The molecule has 6 nitrogen and oxygen atoms in total. The van der Waals surface area contributed by atoms with Crippen molar-refractivity contribution in [1.82, 2.24) is 10.3 Å². The van der Waals surface area contributed by atoms with Gasteiger partial charge in [0.1, 0.15) is 23.8 Å². The normalized spacial score (nSPS) is 19.6. The van der Waals surface area contributed by atoms with Crippen LogP contribution in [0.1, 0.15) is 18.5 Å². The fourth-order valence-electron chi connectivity index (χ4n) is 2.81. The van der Waals surface area contributed by atoms with E-state index < -0.39 is 29.9 Å². The highest BCUT2D eigenvalue weighted by Gasteiger charge is 2.44. The summed E-state index contributed by atoms with van der Waals surface area (Å²) in [6.45, 7) is 1.35. The first kappa shape index (κ1) is 16.8. The van der Waals surface area contributed by atoms with Crippen LogP contribution in [0.25, 0.3) is 0 Å². The van der Waals surface area contributed by atoms with Crippen molar-refractivity contribution in [3.63, 3.8) is 0 Å². The molecule has 0 spiro atoms. The molecule has 0 aliphatic carbocycles. The highest BCUT2D eigenvalue weighted by molar-refractivity contribution is 5.91. The number of benzene rings is 1. The average Bonchev–Trinajstić information content (AvgIpc) is 2.89. The number of carbonyl (C=O) groups is 2. The molecule has 25 heavy (non-hydrogen) atoms. The van der Waals surface area contributed by atoms with Crippen LogP contribution in [0.5, 0.6) is 0 Å². The van der Waals surface area contributed by atoms with Crippen molar-refractivity contribution >= 4 is 17.7 Å². The lowest BCUT2D eigenvalue weighted by atomic mass is 9.99. The van der Waals surface area contributed by atoms with Gasteiger partial charge >= 0.3 is 6.09 Å². The predicted molar refractivity (Wildman–Crippen MR) is 84.8 cm³/mol. The van der Waals surface area contributed by atoms with E-state index in [9.17, 15) is 18.4 Å². The first-order chi connectivity index (χ1) is 12.0. The molecule has 1 aliphatic heterocycles. The number of halogens is 2. The molecule has 0 radical (unpaired) electrons. The molecule has 2 unspecified atom stereocenters. The van der Waals surface area contributed by atoms with E-state index in [2.05, 4.69) is 10.3 Å². The quantitative estimate of drug-likeness (QED) is 0.923.